The SMILES string of the molecule is CC(C)(C)c1ccc(OCC(=O)Oc2ccccc2C(=O)O)c(Br)c1. The van der Waals surface area contributed by atoms with Gasteiger partial charge in [0, 0.05) is 0 Å². The lowest BCUT2D eigenvalue weighted by Crippen LogP contribution is -2.19. The van der Waals surface area contributed by atoms with Gasteiger partial charge in [0.05, 0.1) is 4.47 Å². The molecule has 2 aromatic carbocycles. The molecule has 0 amide bonds. The molecular formula is C19H19BrO5. The first-order chi connectivity index (χ1) is 11.7. The van der Waals surface area contributed by atoms with E-state index in [4.69, 9.17) is 14.6 Å². The number of hydrogen-bond donors (Lipinski definition) is 1. The summed E-state index contributed by atoms with van der Waals surface area (Å²) in [5.74, 6) is -1.34. The summed E-state index contributed by atoms with van der Waals surface area (Å²) in [4.78, 5) is 23.1. The average Bonchev–Trinajstić information content (AvgIpc) is 2.53. The first kappa shape index (κ1) is 19.0. The van der Waals surface area contributed by atoms with Crippen LogP contribution in [-0.4, -0.2) is 23.7 Å². The molecule has 1 N–H and O–H groups in total. The van der Waals surface area contributed by atoms with Gasteiger partial charge in [-0.2, -0.15) is 0 Å². The molecule has 132 valence electrons. The van der Waals surface area contributed by atoms with E-state index in [2.05, 4.69) is 36.7 Å². The molecule has 0 aromatic heterocycles. The van der Waals surface area contributed by atoms with Gasteiger partial charge in [-0.05, 0) is 51.2 Å². The minimum absolute atomic E-state index is 0.000519. The van der Waals surface area contributed by atoms with Crippen LogP contribution in [0.25, 0.3) is 0 Å². The zero-order valence-corrected chi connectivity index (χ0v) is 15.8. The Balaban J connectivity index is 2.03. The quantitative estimate of drug-likeness (QED) is 0.587. The fourth-order valence-corrected chi connectivity index (χ4v) is 2.60. The van der Waals surface area contributed by atoms with Crippen LogP contribution in [-0.2, 0) is 10.2 Å². The summed E-state index contributed by atoms with van der Waals surface area (Å²) >= 11 is 3.43. The van der Waals surface area contributed by atoms with Crippen molar-refractivity contribution in [1.29, 1.82) is 0 Å². The normalized spacial score (nSPS) is 11.0. The van der Waals surface area contributed by atoms with Crippen molar-refractivity contribution in [2.45, 2.75) is 26.2 Å². The zero-order chi connectivity index (χ0) is 18.6. The largest absolute Gasteiger partial charge is 0.481 e. The monoisotopic (exact) mass is 406 g/mol. The number of carbonyl (C=O) groups is 2. The van der Waals surface area contributed by atoms with Crippen molar-refractivity contribution >= 4 is 27.9 Å². The van der Waals surface area contributed by atoms with Crippen LogP contribution < -0.4 is 9.47 Å². The van der Waals surface area contributed by atoms with E-state index in [1.54, 1.807) is 18.2 Å². The van der Waals surface area contributed by atoms with E-state index >= 15 is 0 Å². The fraction of sp³-hybridized carbons (Fsp3) is 0.263. The first-order valence-electron chi connectivity index (χ1n) is 7.64. The number of carboxylic acids is 1. The molecule has 0 saturated heterocycles. The Bertz CT molecular complexity index is 793. The molecule has 0 saturated carbocycles. The number of aromatic carboxylic acids is 1. The highest BCUT2D eigenvalue weighted by Gasteiger charge is 2.17. The summed E-state index contributed by atoms with van der Waals surface area (Å²) < 4.78 is 11.3. The van der Waals surface area contributed by atoms with Crippen LogP contribution in [0, 0.1) is 0 Å². The van der Waals surface area contributed by atoms with E-state index in [-0.39, 0.29) is 23.3 Å². The topological polar surface area (TPSA) is 72.8 Å². The van der Waals surface area contributed by atoms with Gasteiger partial charge in [-0.1, -0.05) is 39.0 Å². The van der Waals surface area contributed by atoms with Crippen molar-refractivity contribution in [3.8, 4) is 11.5 Å². The summed E-state index contributed by atoms with van der Waals surface area (Å²) in [6.45, 7) is 5.98. The van der Waals surface area contributed by atoms with Crippen molar-refractivity contribution in [3.63, 3.8) is 0 Å². The highest BCUT2D eigenvalue weighted by Crippen LogP contribution is 2.31. The minimum atomic E-state index is -1.16. The molecule has 0 aliphatic rings. The number of carbonyl (C=O) groups excluding carboxylic acids is 1. The summed E-state index contributed by atoms with van der Waals surface area (Å²) in [5.41, 5.74) is 1.05. The second-order valence-corrected chi connectivity index (χ2v) is 7.31. The van der Waals surface area contributed by atoms with Crippen LogP contribution in [0.3, 0.4) is 0 Å². The Kier molecular flexibility index (Phi) is 5.85. The van der Waals surface area contributed by atoms with Gasteiger partial charge in [-0.15, -0.1) is 0 Å². The van der Waals surface area contributed by atoms with Crippen LogP contribution in [0.5, 0.6) is 11.5 Å². The number of para-hydroxylation sites is 1. The second kappa shape index (κ2) is 7.70. The Labute approximate surface area is 154 Å². The molecule has 0 aliphatic carbocycles. The van der Waals surface area contributed by atoms with Crippen LogP contribution >= 0.6 is 15.9 Å². The van der Waals surface area contributed by atoms with Gasteiger partial charge < -0.3 is 14.6 Å². The van der Waals surface area contributed by atoms with Crippen molar-refractivity contribution in [3.05, 3.63) is 58.1 Å². The van der Waals surface area contributed by atoms with Gasteiger partial charge in [0.2, 0.25) is 0 Å². The third-order valence-electron chi connectivity index (χ3n) is 3.48. The number of hydrogen-bond acceptors (Lipinski definition) is 4. The van der Waals surface area contributed by atoms with Crippen molar-refractivity contribution in [1.82, 2.24) is 0 Å². The maximum absolute atomic E-state index is 11.9. The smallest absolute Gasteiger partial charge is 0.349 e. The number of halogens is 1. The molecular weight excluding hydrogens is 388 g/mol. The molecule has 0 bridgehead atoms. The Morgan fingerprint density at radius 2 is 1.76 bits per heavy atom. The maximum atomic E-state index is 11.9. The zero-order valence-electron chi connectivity index (χ0n) is 14.2. The lowest BCUT2D eigenvalue weighted by atomic mass is 9.87. The van der Waals surface area contributed by atoms with Crippen LogP contribution in [0.15, 0.2) is 46.9 Å². The summed E-state index contributed by atoms with van der Waals surface area (Å²) in [6.07, 6.45) is 0. The summed E-state index contributed by atoms with van der Waals surface area (Å²) in [6, 6.07) is 11.6. The Hall–Kier alpha value is -2.34. The fourth-order valence-electron chi connectivity index (χ4n) is 2.11. The van der Waals surface area contributed by atoms with E-state index in [0.717, 1.165) is 10.0 Å². The number of ether oxygens (including phenoxy) is 2. The average molecular weight is 407 g/mol. The molecule has 0 atom stereocenters. The van der Waals surface area contributed by atoms with Crippen LogP contribution in [0.4, 0.5) is 0 Å². The maximum Gasteiger partial charge on any atom is 0.349 e. The molecule has 2 aromatic rings. The van der Waals surface area contributed by atoms with Crippen LogP contribution in [0.2, 0.25) is 0 Å². The number of benzene rings is 2. The van der Waals surface area contributed by atoms with Gasteiger partial charge >= 0.3 is 11.9 Å². The lowest BCUT2D eigenvalue weighted by Gasteiger charge is -2.20. The molecule has 2 rings (SSSR count). The third-order valence-corrected chi connectivity index (χ3v) is 4.10. The van der Waals surface area contributed by atoms with Crippen molar-refractivity contribution in [2.24, 2.45) is 0 Å². The number of esters is 1. The molecule has 0 radical (unpaired) electrons. The molecule has 0 heterocycles. The Morgan fingerprint density at radius 1 is 1.08 bits per heavy atom. The highest BCUT2D eigenvalue weighted by atomic mass is 79.9. The number of rotatable bonds is 5. The first-order valence-corrected chi connectivity index (χ1v) is 8.43. The van der Waals surface area contributed by atoms with Crippen LogP contribution in [0.1, 0.15) is 36.7 Å². The summed E-state index contributed by atoms with van der Waals surface area (Å²) in [5, 5.41) is 9.09. The summed E-state index contributed by atoms with van der Waals surface area (Å²) in [7, 11) is 0. The predicted molar refractivity (Wildman–Crippen MR) is 97.4 cm³/mol. The Morgan fingerprint density at radius 3 is 2.36 bits per heavy atom. The van der Waals surface area contributed by atoms with E-state index in [1.807, 2.05) is 12.1 Å². The molecule has 0 fully saturated rings. The highest BCUT2D eigenvalue weighted by molar-refractivity contribution is 9.10. The van der Waals surface area contributed by atoms with Gasteiger partial charge in [0.25, 0.3) is 0 Å². The van der Waals surface area contributed by atoms with E-state index in [9.17, 15) is 9.59 Å². The minimum Gasteiger partial charge on any atom is -0.481 e. The molecule has 0 spiro atoms. The third kappa shape index (κ3) is 5.06. The van der Waals surface area contributed by atoms with Gasteiger partial charge in [0.15, 0.2) is 6.61 Å². The molecule has 25 heavy (non-hydrogen) atoms. The second-order valence-electron chi connectivity index (χ2n) is 6.46. The molecule has 0 aliphatic heterocycles. The molecule has 0 unspecified atom stereocenters. The standard InChI is InChI=1S/C19H19BrO5/c1-19(2,3)12-8-9-16(14(20)10-12)24-11-17(21)25-15-7-5-4-6-13(15)18(22)23/h4-10H,11H2,1-3H3,(H,22,23). The van der Waals surface area contributed by atoms with Crippen molar-refractivity contribution < 1.29 is 24.2 Å². The van der Waals surface area contributed by atoms with E-state index in [1.165, 1.54) is 12.1 Å². The van der Waals surface area contributed by atoms with E-state index in [0.29, 0.717) is 5.75 Å². The predicted octanol–water partition coefficient (Wildman–Crippen LogP) is 4.43. The van der Waals surface area contributed by atoms with E-state index < -0.39 is 11.9 Å². The molecule has 5 nitrogen and oxygen atoms in total. The number of carboxylic acid groups (broad SMARTS) is 1. The van der Waals surface area contributed by atoms with Gasteiger partial charge in [-0.3, -0.25) is 0 Å². The molecule has 6 heteroatoms. The van der Waals surface area contributed by atoms with Gasteiger partial charge in [0.1, 0.15) is 17.1 Å². The van der Waals surface area contributed by atoms with Gasteiger partial charge in [-0.25, -0.2) is 9.59 Å². The lowest BCUT2D eigenvalue weighted by molar-refractivity contribution is -0.136. The van der Waals surface area contributed by atoms with Crippen molar-refractivity contribution in [2.75, 3.05) is 6.61 Å².